The molecule has 1 atom stereocenters. The van der Waals surface area contributed by atoms with E-state index in [0.717, 1.165) is 35.3 Å². The molecular weight excluding hydrogens is 394 g/mol. The maximum Gasteiger partial charge on any atom is 0.325 e. The molecule has 0 radical (unpaired) electrons. The summed E-state index contributed by atoms with van der Waals surface area (Å²) < 4.78 is 0. The molecule has 1 fully saturated rings. The minimum atomic E-state index is -0.655. The first kappa shape index (κ1) is 20.6. The third-order valence-corrected chi connectivity index (χ3v) is 5.30. The number of carbonyl (C=O) groups is 3. The highest BCUT2D eigenvalue weighted by molar-refractivity contribution is 6.04. The topological polar surface area (TPSA) is 107 Å². The molecule has 31 heavy (non-hydrogen) atoms. The lowest BCUT2D eigenvalue weighted by atomic mass is 10.1. The Labute approximate surface area is 180 Å². The molecule has 1 saturated heterocycles. The second-order valence-electron chi connectivity index (χ2n) is 7.60. The zero-order valence-electron chi connectivity index (χ0n) is 17.1. The maximum absolute atomic E-state index is 12.5. The molecule has 4 rings (SSSR count). The summed E-state index contributed by atoms with van der Waals surface area (Å²) in [5.74, 6) is 0.480. The molecule has 4 amide bonds. The van der Waals surface area contributed by atoms with Crippen LogP contribution in [-0.2, 0) is 22.6 Å². The summed E-state index contributed by atoms with van der Waals surface area (Å²) in [6.45, 7) is 0.761. The van der Waals surface area contributed by atoms with Gasteiger partial charge in [-0.25, -0.2) is 9.78 Å². The number of benzene rings is 2. The molecule has 3 N–H and O–H groups in total. The van der Waals surface area contributed by atoms with Gasteiger partial charge < -0.3 is 15.6 Å². The Balaban J connectivity index is 1.17. The second kappa shape index (κ2) is 9.42. The van der Waals surface area contributed by atoms with Gasteiger partial charge in [0.15, 0.2) is 0 Å². The van der Waals surface area contributed by atoms with Crippen LogP contribution in [0.25, 0.3) is 11.0 Å². The summed E-state index contributed by atoms with van der Waals surface area (Å²) in [6.07, 6.45) is 1.96. The summed E-state index contributed by atoms with van der Waals surface area (Å²) >= 11 is 0. The van der Waals surface area contributed by atoms with Crippen LogP contribution in [0.3, 0.4) is 0 Å². The number of aromatic amines is 1. The summed E-state index contributed by atoms with van der Waals surface area (Å²) in [6, 6.07) is 16.1. The molecule has 8 nitrogen and oxygen atoms in total. The van der Waals surface area contributed by atoms with Crippen molar-refractivity contribution in [2.75, 3.05) is 6.54 Å². The molecule has 0 unspecified atom stereocenters. The number of carbonyl (C=O) groups excluding carboxylic acids is 3. The van der Waals surface area contributed by atoms with Crippen LogP contribution in [0.1, 0.15) is 30.7 Å². The molecule has 1 aliphatic heterocycles. The molecule has 0 bridgehead atoms. The van der Waals surface area contributed by atoms with E-state index in [9.17, 15) is 14.4 Å². The fraction of sp³-hybridized carbons (Fsp3) is 0.304. The van der Waals surface area contributed by atoms with E-state index in [4.69, 9.17) is 0 Å². The molecule has 0 spiro atoms. The number of hydrogen-bond acceptors (Lipinski definition) is 4. The van der Waals surface area contributed by atoms with Crippen molar-refractivity contribution in [1.82, 2.24) is 25.5 Å². The van der Waals surface area contributed by atoms with Crippen LogP contribution >= 0.6 is 0 Å². The van der Waals surface area contributed by atoms with Crippen LogP contribution in [-0.4, -0.2) is 45.3 Å². The van der Waals surface area contributed by atoms with Crippen molar-refractivity contribution in [1.29, 1.82) is 0 Å². The number of imidazole rings is 1. The summed E-state index contributed by atoms with van der Waals surface area (Å²) in [4.78, 5) is 45.8. The summed E-state index contributed by atoms with van der Waals surface area (Å²) in [5.41, 5.74) is 2.83. The highest BCUT2D eigenvalue weighted by Gasteiger charge is 2.37. The zero-order valence-corrected chi connectivity index (χ0v) is 17.1. The van der Waals surface area contributed by atoms with Crippen LogP contribution in [0.4, 0.5) is 4.79 Å². The van der Waals surface area contributed by atoms with Crippen LogP contribution < -0.4 is 10.6 Å². The number of aryl methyl sites for hydroxylation is 1. The average molecular weight is 419 g/mol. The SMILES string of the molecule is O=C(CC[C@H]1NC(=O)N(Cc2ccccc2)C1=O)NCCCc1nc2ccccc2[nH]1. The molecule has 3 aromatic rings. The quantitative estimate of drug-likeness (QED) is 0.366. The largest absolute Gasteiger partial charge is 0.356 e. The monoisotopic (exact) mass is 419 g/mol. The number of nitrogens with one attached hydrogen (secondary N) is 3. The molecule has 1 aliphatic rings. The lowest BCUT2D eigenvalue weighted by molar-refractivity contribution is -0.128. The third kappa shape index (κ3) is 5.09. The number of hydrogen-bond donors (Lipinski definition) is 3. The first-order chi connectivity index (χ1) is 15.1. The van der Waals surface area contributed by atoms with Crippen LogP contribution in [0.2, 0.25) is 0 Å². The van der Waals surface area contributed by atoms with Gasteiger partial charge in [-0.05, 0) is 30.5 Å². The van der Waals surface area contributed by atoms with Gasteiger partial charge in [-0.1, -0.05) is 42.5 Å². The van der Waals surface area contributed by atoms with E-state index in [-0.39, 0.29) is 31.2 Å². The molecule has 0 aliphatic carbocycles. The summed E-state index contributed by atoms with van der Waals surface area (Å²) in [7, 11) is 0. The third-order valence-electron chi connectivity index (χ3n) is 5.30. The van der Waals surface area contributed by atoms with Crippen molar-refractivity contribution >= 4 is 28.9 Å². The number of imide groups is 1. The van der Waals surface area contributed by atoms with Gasteiger partial charge in [0.2, 0.25) is 5.91 Å². The van der Waals surface area contributed by atoms with Gasteiger partial charge >= 0.3 is 6.03 Å². The van der Waals surface area contributed by atoms with Crippen molar-refractivity contribution in [3.8, 4) is 0 Å². The fourth-order valence-electron chi connectivity index (χ4n) is 3.66. The predicted molar refractivity (Wildman–Crippen MR) is 116 cm³/mol. The number of rotatable bonds is 9. The van der Waals surface area contributed by atoms with E-state index in [2.05, 4.69) is 20.6 Å². The van der Waals surface area contributed by atoms with E-state index in [1.807, 2.05) is 54.6 Å². The number of nitrogens with zero attached hydrogens (tertiary/aromatic N) is 2. The highest BCUT2D eigenvalue weighted by Crippen LogP contribution is 2.15. The smallest absolute Gasteiger partial charge is 0.325 e. The van der Waals surface area contributed by atoms with Gasteiger partial charge in [-0.15, -0.1) is 0 Å². The predicted octanol–water partition coefficient (Wildman–Crippen LogP) is 2.51. The van der Waals surface area contributed by atoms with Gasteiger partial charge in [0.05, 0.1) is 17.6 Å². The second-order valence-corrected chi connectivity index (χ2v) is 7.60. The first-order valence-corrected chi connectivity index (χ1v) is 10.5. The zero-order chi connectivity index (χ0) is 21.6. The van der Waals surface area contributed by atoms with Gasteiger partial charge in [-0.2, -0.15) is 0 Å². The lowest BCUT2D eigenvalue weighted by Crippen LogP contribution is -2.32. The number of fused-ring (bicyclic) bond motifs is 1. The lowest BCUT2D eigenvalue weighted by Gasteiger charge is -2.13. The fourth-order valence-corrected chi connectivity index (χ4v) is 3.66. The van der Waals surface area contributed by atoms with Gasteiger partial charge in [-0.3, -0.25) is 14.5 Å². The number of H-pyrrole nitrogens is 1. The number of aromatic nitrogens is 2. The van der Waals surface area contributed by atoms with Gasteiger partial charge in [0, 0.05) is 19.4 Å². The van der Waals surface area contributed by atoms with E-state index in [1.165, 1.54) is 4.90 Å². The van der Waals surface area contributed by atoms with Crippen LogP contribution in [0.5, 0.6) is 0 Å². The highest BCUT2D eigenvalue weighted by atomic mass is 16.2. The molecular formula is C23H25N5O3. The van der Waals surface area contributed by atoms with Crippen molar-refractivity contribution in [2.45, 2.75) is 38.3 Å². The number of para-hydroxylation sites is 2. The Morgan fingerprint density at radius 3 is 2.65 bits per heavy atom. The Morgan fingerprint density at radius 1 is 1.06 bits per heavy atom. The first-order valence-electron chi connectivity index (χ1n) is 10.5. The summed E-state index contributed by atoms with van der Waals surface area (Å²) in [5, 5.41) is 5.55. The standard InChI is InChI=1S/C23H25N5O3/c29-21(24-14-6-11-20-25-17-9-4-5-10-18(17)26-20)13-12-19-22(30)28(23(31)27-19)15-16-7-2-1-3-8-16/h1-5,7-10,19H,6,11-15H2,(H,24,29)(H,25,26)(H,27,31)/t19-/m1/s1. The Bertz CT molecular complexity index is 1050. The van der Waals surface area contributed by atoms with Crippen molar-refractivity contribution in [3.05, 3.63) is 66.0 Å². The van der Waals surface area contributed by atoms with Crippen LogP contribution in [0.15, 0.2) is 54.6 Å². The minimum absolute atomic E-state index is 0.131. The van der Waals surface area contributed by atoms with Crippen molar-refractivity contribution in [3.63, 3.8) is 0 Å². The van der Waals surface area contributed by atoms with Crippen LogP contribution in [0, 0.1) is 0 Å². The Kier molecular flexibility index (Phi) is 6.26. The van der Waals surface area contributed by atoms with Crippen molar-refractivity contribution < 1.29 is 14.4 Å². The Morgan fingerprint density at radius 2 is 1.84 bits per heavy atom. The van der Waals surface area contributed by atoms with E-state index in [1.54, 1.807) is 0 Å². The van der Waals surface area contributed by atoms with E-state index in [0.29, 0.717) is 6.54 Å². The maximum atomic E-state index is 12.5. The van der Waals surface area contributed by atoms with E-state index < -0.39 is 12.1 Å². The van der Waals surface area contributed by atoms with Gasteiger partial charge in [0.25, 0.3) is 5.91 Å². The van der Waals surface area contributed by atoms with Crippen molar-refractivity contribution in [2.24, 2.45) is 0 Å². The Hall–Kier alpha value is -3.68. The number of urea groups is 1. The average Bonchev–Trinajstić information content (AvgIpc) is 3.31. The van der Waals surface area contributed by atoms with E-state index >= 15 is 0 Å². The normalized spacial score (nSPS) is 16.0. The minimum Gasteiger partial charge on any atom is -0.356 e. The molecule has 1 aromatic heterocycles. The molecule has 2 aromatic carbocycles. The number of amides is 4. The molecule has 0 saturated carbocycles. The van der Waals surface area contributed by atoms with Gasteiger partial charge in [0.1, 0.15) is 11.9 Å². The molecule has 160 valence electrons. The molecule has 2 heterocycles. The molecule has 8 heteroatoms.